The molecule has 0 aromatic heterocycles. The van der Waals surface area contributed by atoms with E-state index in [9.17, 15) is 0 Å². The van der Waals surface area contributed by atoms with Gasteiger partial charge in [0.2, 0.25) is 0 Å². The molecule has 0 N–H and O–H groups in total. The Morgan fingerprint density at radius 3 is 1.77 bits per heavy atom. The molecule has 0 spiro atoms. The van der Waals surface area contributed by atoms with E-state index in [2.05, 4.69) is 81.2 Å². The molecule has 4 heteroatoms. The van der Waals surface area contributed by atoms with Crippen LogP contribution in [0, 0.1) is 5.92 Å². The smallest absolute Gasteiger partial charge is 0.192 e. The van der Waals surface area contributed by atoms with Crippen LogP contribution in [0.2, 0.25) is 36.3 Å². The lowest BCUT2D eigenvalue weighted by molar-refractivity contribution is 0.0675. The summed E-state index contributed by atoms with van der Waals surface area (Å²) in [5, 5.41) is 0.483. The van der Waals surface area contributed by atoms with Gasteiger partial charge in [0.1, 0.15) is 0 Å². The minimum Gasteiger partial charge on any atom is -0.416 e. The molecule has 0 unspecified atom stereocenters. The molecule has 0 rings (SSSR count). The molecule has 0 aliphatic carbocycles. The van der Waals surface area contributed by atoms with Crippen LogP contribution < -0.4 is 0 Å². The van der Waals surface area contributed by atoms with E-state index < -0.39 is 16.6 Å². The highest BCUT2D eigenvalue weighted by Crippen LogP contribution is 2.40. The van der Waals surface area contributed by atoms with Gasteiger partial charge in [-0.15, -0.1) is 6.58 Å². The van der Waals surface area contributed by atoms with Crippen molar-refractivity contribution in [2.45, 2.75) is 117 Å². The van der Waals surface area contributed by atoms with E-state index in [0.717, 1.165) is 19.4 Å². The van der Waals surface area contributed by atoms with E-state index in [-0.39, 0.29) is 16.2 Å². The topological polar surface area (TPSA) is 18.5 Å². The van der Waals surface area contributed by atoms with Crippen LogP contribution in [0.25, 0.3) is 0 Å². The molecule has 0 radical (unpaired) electrons. The molecule has 0 fully saturated rings. The Labute approximate surface area is 167 Å². The monoisotopic (exact) mass is 400 g/mol. The third-order valence-electron chi connectivity index (χ3n) is 6.56. The first-order chi connectivity index (χ1) is 11.6. The molecule has 0 aliphatic rings. The molecule has 0 bridgehead atoms. The van der Waals surface area contributed by atoms with Crippen LogP contribution in [0.3, 0.4) is 0 Å². The predicted molar refractivity (Wildman–Crippen MR) is 123 cm³/mol. The van der Waals surface area contributed by atoms with Gasteiger partial charge in [-0.25, -0.2) is 0 Å². The van der Waals surface area contributed by atoms with Gasteiger partial charge in [-0.3, -0.25) is 0 Å². The van der Waals surface area contributed by atoms with Crippen molar-refractivity contribution in [3.8, 4) is 0 Å². The molecule has 0 aliphatic heterocycles. The van der Waals surface area contributed by atoms with Crippen LogP contribution in [0.15, 0.2) is 12.7 Å². The maximum atomic E-state index is 6.90. The van der Waals surface area contributed by atoms with Gasteiger partial charge in [-0.1, -0.05) is 61.0 Å². The van der Waals surface area contributed by atoms with Crippen molar-refractivity contribution in [3.63, 3.8) is 0 Å². The van der Waals surface area contributed by atoms with Gasteiger partial charge in [0.25, 0.3) is 0 Å². The highest BCUT2D eigenvalue weighted by molar-refractivity contribution is 6.74. The summed E-state index contributed by atoms with van der Waals surface area (Å²) < 4.78 is 13.5. The van der Waals surface area contributed by atoms with Gasteiger partial charge in [0, 0.05) is 12.5 Å². The summed E-state index contributed by atoms with van der Waals surface area (Å²) in [4.78, 5) is 0. The molecular weight excluding hydrogens is 352 g/mol. The fraction of sp³-hybridized carbons (Fsp3) is 0.909. The fourth-order valence-corrected chi connectivity index (χ4v) is 4.99. The van der Waals surface area contributed by atoms with Crippen LogP contribution in [0.1, 0.15) is 74.1 Å². The molecule has 0 heterocycles. The van der Waals surface area contributed by atoms with Gasteiger partial charge in [-0.2, -0.15) is 0 Å². The van der Waals surface area contributed by atoms with E-state index in [1.807, 2.05) is 6.08 Å². The van der Waals surface area contributed by atoms with Gasteiger partial charge < -0.3 is 8.85 Å². The summed E-state index contributed by atoms with van der Waals surface area (Å²) in [5.74, 6) is 0.475. The molecule has 0 saturated heterocycles. The molecule has 2 atom stereocenters. The molecule has 0 aromatic rings. The largest absolute Gasteiger partial charge is 0.416 e. The summed E-state index contributed by atoms with van der Waals surface area (Å²) in [7, 11) is -3.53. The van der Waals surface area contributed by atoms with Crippen molar-refractivity contribution in [1.82, 2.24) is 0 Å². The van der Waals surface area contributed by atoms with Crippen LogP contribution in [-0.2, 0) is 8.85 Å². The first kappa shape index (κ1) is 26.1. The number of hydrogen-bond donors (Lipinski definition) is 0. The lowest BCUT2D eigenvalue weighted by Crippen LogP contribution is -2.48. The molecule has 0 aromatic carbocycles. The van der Waals surface area contributed by atoms with E-state index in [0.29, 0.717) is 5.92 Å². The van der Waals surface area contributed by atoms with Gasteiger partial charge in [-0.05, 0) is 55.5 Å². The molecule has 0 saturated carbocycles. The normalized spacial score (nSPS) is 16.4. The van der Waals surface area contributed by atoms with Crippen molar-refractivity contribution in [2.75, 3.05) is 6.61 Å². The third-order valence-corrected chi connectivity index (χ3v) is 15.6. The Balaban J connectivity index is 5.37. The Morgan fingerprint density at radius 2 is 1.38 bits per heavy atom. The van der Waals surface area contributed by atoms with Crippen molar-refractivity contribution < 1.29 is 8.85 Å². The predicted octanol–water partition coefficient (Wildman–Crippen LogP) is 7.78. The zero-order valence-electron chi connectivity index (χ0n) is 19.8. The van der Waals surface area contributed by atoms with Crippen molar-refractivity contribution in [1.29, 1.82) is 0 Å². The zero-order chi connectivity index (χ0) is 20.8. The molecule has 2 nitrogen and oxygen atoms in total. The van der Waals surface area contributed by atoms with Gasteiger partial charge >= 0.3 is 0 Å². The maximum Gasteiger partial charge on any atom is 0.192 e. The standard InChI is InChI=1S/C22H48O2Si2/c1-13-15-17-20(24-26(11,12)22(6,7)8)19(16-14-2)18-23-25(9,10)21(3,4)5/h13,19-20H,1,14-18H2,2-12H3/t19-,20+/m0/s1. The highest BCUT2D eigenvalue weighted by Gasteiger charge is 2.42. The lowest BCUT2D eigenvalue weighted by atomic mass is 9.95. The first-order valence-corrected chi connectivity index (χ1v) is 16.3. The van der Waals surface area contributed by atoms with Gasteiger partial charge in [0.15, 0.2) is 16.6 Å². The number of allylic oxidation sites excluding steroid dienone is 1. The van der Waals surface area contributed by atoms with Crippen molar-refractivity contribution >= 4 is 16.6 Å². The lowest BCUT2D eigenvalue weighted by Gasteiger charge is -2.43. The minimum atomic E-state index is -1.80. The summed E-state index contributed by atoms with van der Waals surface area (Å²) in [5.41, 5.74) is 0. The maximum absolute atomic E-state index is 6.90. The second-order valence-electron chi connectivity index (χ2n) is 10.9. The van der Waals surface area contributed by atoms with Gasteiger partial charge in [0.05, 0.1) is 6.10 Å². The fourth-order valence-electron chi connectivity index (χ4n) is 2.51. The molecule has 0 amide bonds. The third kappa shape index (κ3) is 7.99. The average Bonchev–Trinajstić information content (AvgIpc) is 2.45. The number of rotatable bonds is 11. The zero-order valence-corrected chi connectivity index (χ0v) is 21.8. The van der Waals surface area contributed by atoms with Crippen LogP contribution >= 0.6 is 0 Å². The Kier molecular flexibility index (Phi) is 10.1. The second kappa shape index (κ2) is 10.0. The van der Waals surface area contributed by atoms with E-state index in [1.54, 1.807) is 0 Å². The summed E-state index contributed by atoms with van der Waals surface area (Å²) in [6.07, 6.45) is 6.72. The Bertz CT molecular complexity index is 417. The molecular formula is C22H48O2Si2. The Hall–Kier alpha value is 0.0938. The average molecular weight is 401 g/mol. The second-order valence-corrected chi connectivity index (χ2v) is 20.5. The summed E-state index contributed by atoms with van der Waals surface area (Å²) in [6, 6.07) is 0. The quantitative estimate of drug-likeness (QED) is 0.260. The SMILES string of the molecule is C=CCC[C@@H](O[Si](C)(C)C(C)(C)C)[C@@H](CCC)CO[Si](C)(C)C(C)(C)C. The Morgan fingerprint density at radius 1 is 0.885 bits per heavy atom. The molecule has 156 valence electrons. The van der Waals surface area contributed by atoms with Crippen molar-refractivity contribution in [3.05, 3.63) is 12.7 Å². The first-order valence-electron chi connectivity index (χ1n) is 10.5. The van der Waals surface area contributed by atoms with E-state index in [4.69, 9.17) is 8.85 Å². The minimum absolute atomic E-state index is 0.233. The molecule has 26 heavy (non-hydrogen) atoms. The van der Waals surface area contributed by atoms with E-state index >= 15 is 0 Å². The number of hydrogen-bond acceptors (Lipinski definition) is 2. The van der Waals surface area contributed by atoms with Crippen LogP contribution in [0.5, 0.6) is 0 Å². The van der Waals surface area contributed by atoms with Crippen LogP contribution in [-0.4, -0.2) is 29.3 Å². The highest BCUT2D eigenvalue weighted by atomic mass is 28.4. The van der Waals surface area contributed by atoms with Crippen LogP contribution in [0.4, 0.5) is 0 Å². The van der Waals surface area contributed by atoms with E-state index in [1.165, 1.54) is 12.8 Å². The van der Waals surface area contributed by atoms with Crippen molar-refractivity contribution in [2.24, 2.45) is 5.92 Å². The summed E-state index contributed by atoms with van der Waals surface area (Å²) in [6.45, 7) is 30.4. The summed E-state index contributed by atoms with van der Waals surface area (Å²) >= 11 is 0.